The Morgan fingerprint density at radius 3 is 2.92 bits per heavy atom. The Bertz CT molecular complexity index is 234. The van der Waals surface area contributed by atoms with E-state index in [1.807, 2.05) is 0 Å². The van der Waals surface area contributed by atoms with E-state index in [0.717, 1.165) is 12.3 Å². The molecule has 0 aliphatic heterocycles. The Morgan fingerprint density at radius 2 is 2.38 bits per heavy atom. The van der Waals surface area contributed by atoms with Gasteiger partial charge < -0.3 is 5.11 Å². The van der Waals surface area contributed by atoms with Crippen LogP contribution in [0.25, 0.3) is 0 Å². The summed E-state index contributed by atoms with van der Waals surface area (Å²) in [5.74, 6) is 0.650. The van der Waals surface area contributed by atoms with E-state index < -0.39 is 5.97 Å². The minimum absolute atomic E-state index is 0.118. The van der Waals surface area contributed by atoms with Crippen molar-refractivity contribution in [1.82, 2.24) is 0 Å². The first kappa shape index (κ1) is 9.34. The van der Waals surface area contributed by atoms with Crippen LogP contribution in [0.3, 0.4) is 0 Å². The number of fused-ring (bicyclic) bond motifs is 1. The average molecular weight is 201 g/mol. The standard InChI is InChI=1S/C9H15NO2S/c10-13-9(5-8(11)12)4-6-2-1-3-7(6)9/h6-7H,1-5,10H2,(H,11,12)/t6-,7-,9+/m1/s1. The molecule has 3 N–H and O–H groups in total. The molecule has 0 radical (unpaired) electrons. The van der Waals surface area contributed by atoms with Crippen molar-refractivity contribution in [2.24, 2.45) is 17.0 Å². The molecule has 0 heterocycles. The molecular weight excluding hydrogens is 186 g/mol. The Kier molecular flexibility index (Phi) is 2.28. The quantitative estimate of drug-likeness (QED) is 0.681. The number of carboxylic acids is 1. The molecule has 0 saturated heterocycles. The Labute approximate surface area is 82.2 Å². The maximum Gasteiger partial charge on any atom is 0.304 e. The molecule has 0 aromatic rings. The summed E-state index contributed by atoms with van der Waals surface area (Å²) in [6.45, 7) is 0. The third-order valence-corrected chi connectivity index (χ3v) is 4.71. The molecule has 0 aromatic heterocycles. The molecule has 2 saturated carbocycles. The van der Waals surface area contributed by atoms with E-state index >= 15 is 0 Å². The predicted molar refractivity (Wildman–Crippen MR) is 52.2 cm³/mol. The van der Waals surface area contributed by atoms with Gasteiger partial charge in [0, 0.05) is 4.75 Å². The van der Waals surface area contributed by atoms with Gasteiger partial charge in [-0.1, -0.05) is 24.8 Å². The first-order valence-electron chi connectivity index (χ1n) is 4.77. The predicted octanol–water partition coefficient (Wildman–Crippen LogP) is 1.63. The number of aliphatic carboxylic acids is 1. The summed E-state index contributed by atoms with van der Waals surface area (Å²) >= 11 is 1.28. The minimum atomic E-state index is -0.705. The van der Waals surface area contributed by atoms with Crippen molar-refractivity contribution < 1.29 is 9.90 Å². The van der Waals surface area contributed by atoms with Crippen molar-refractivity contribution in [3.63, 3.8) is 0 Å². The van der Waals surface area contributed by atoms with Crippen molar-refractivity contribution >= 4 is 17.9 Å². The number of carbonyl (C=O) groups is 1. The highest BCUT2D eigenvalue weighted by molar-refractivity contribution is 7.98. The van der Waals surface area contributed by atoms with Crippen molar-refractivity contribution in [3.8, 4) is 0 Å². The van der Waals surface area contributed by atoms with E-state index in [4.69, 9.17) is 10.2 Å². The van der Waals surface area contributed by atoms with Crippen molar-refractivity contribution in [3.05, 3.63) is 0 Å². The number of rotatable bonds is 3. The van der Waals surface area contributed by atoms with Crippen LogP contribution in [-0.2, 0) is 4.79 Å². The van der Waals surface area contributed by atoms with Gasteiger partial charge >= 0.3 is 5.97 Å². The van der Waals surface area contributed by atoms with Gasteiger partial charge in [0.25, 0.3) is 0 Å². The van der Waals surface area contributed by atoms with Crippen LogP contribution in [0.2, 0.25) is 0 Å². The number of nitrogens with two attached hydrogens (primary N) is 1. The Hall–Kier alpha value is -0.220. The molecule has 0 spiro atoms. The molecule has 74 valence electrons. The van der Waals surface area contributed by atoms with Crippen LogP contribution in [0.1, 0.15) is 32.1 Å². The fourth-order valence-electron chi connectivity index (χ4n) is 3.04. The summed E-state index contributed by atoms with van der Waals surface area (Å²) in [5, 5.41) is 14.4. The van der Waals surface area contributed by atoms with Crippen LogP contribution < -0.4 is 5.14 Å². The molecule has 3 nitrogen and oxygen atoms in total. The molecule has 3 atom stereocenters. The maximum absolute atomic E-state index is 10.7. The van der Waals surface area contributed by atoms with Gasteiger partial charge in [-0.05, 0) is 24.7 Å². The van der Waals surface area contributed by atoms with E-state index in [1.54, 1.807) is 0 Å². The maximum atomic E-state index is 10.7. The lowest BCUT2D eigenvalue weighted by atomic mass is 9.64. The van der Waals surface area contributed by atoms with Crippen LogP contribution in [0.5, 0.6) is 0 Å². The third kappa shape index (κ3) is 1.36. The smallest absolute Gasteiger partial charge is 0.304 e. The van der Waals surface area contributed by atoms with Crippen molar-refractivity contribution in [2.45, 2.75) is 36.9 Å². The minimum Gasteiger partial charge on any atom is -0.481 e. The van der Waals surface area contributed by atoms with E-state index in [1.165, 1.54) is 31.2 Å². The monoisotopic (exact) mass is 201 g/mol. The van der Waals surface area contributed by atoms with Gasteiger partial charge in [0.2, 0.25) is 0 Å². The zero-order chi connectivity index (χ0) is 9.47. The van der Waals surface area contributed by atoms with Crippen molar-refractivity contribution in [1.29, 1.82) is 0 Å². The normalized spacial score (nSPS) is 42.5. The molecule has 0 unspecified atom stereocenters. The molecule has 0 amide bonds. The molecule has 13 heavy (non-hydrogen) atoms. The van der Waals surface area contributed by atoms with Gasteiger partial charge in [-0.3, -0.25) is 9.93 Å². The summed E-state index contributed by atoms with van der Waals surface area (Å²) in [4.78, 5) is 10.7. The fraction of sp³-hybridized carbons (Fsp3) is 0.889. The van der Waals surface area contributed by atoms with Gasteiger partial charge in [0.1, 0.15) is 0 Å². The third-order valence-electron chi connectivity index (χ3n) is 3.63. The van der Waals surface area contributed by atoms with Crippen LogP contribution in [0.4, 0.5) is 0 Å². The van der Waals surface area contributed by atoms with Gasteiger partial charge in [0.05, 0.1) is 6.42 Å². The van der Waals surface area contributed by atoms with E-state index in [2.05, 4.69) is 0 Å². The first-order valence-corrected chi connectivity index (χ1v) is 5.65. The highest BCUT2D eigenvalue weighted by atomic mass is 32.2. The lowest BCUT2D eigenvalue weighted by Gasteiger charge is -2.50. The first-order chi connectivity index (χ1) is 6.18. The zero-order valence-electron chi connectivity index (χ0n) is 7.53. The van der Waals surface area contributed by atoms with Crippen LogP contribution in [0.15, 0.2) is 0 Å². The highest BCUT2D eigenvalue weighted by Crippen LogP contribution is 2.60. The lowest BCUT2D eigenvalue weighted by molar-refractivity contribution is -0.139. The SMILES string of the molecule is NS[C@]1(CC(=O)O)C[C@H]2CCC[C@H]21. The summed E-state index contributed by atoms with van der Waals surface area (Å²) in [6, 6.07) is 0. The molecular formula is C9H15NO2S. The largest absolute Gasteiger partial charge is 0.481 e. The van der Waals surface area contributed by atoms with E-state index in [-0.39, 0.29) is 11.2 Å². The summed E-state index contributed by atoms with van der Waals surface area (Å²) in [6.07, 6.45) is 4.99. The van der Waals surface area contributed by atoms with E-state index in [0.29, 0.717) is 5.92 Å². The summed E-state index contributed by atoms with van der Waals surface area (Å²) < 4.78 is -0.118. The van der Waals surface area contributed by atoms with Crippen LogP contribution in [0, 0.1) is 11.8 Å². The summed E-state index contributed by atoms with van der Waals surface area (Å²) in [5.41, 5.74) is 0. The molecule has 0 bridgehead atoms. The van der Waals surface area contributed by atoms with Gasteiger partial charge in [-0.25, -0.2) is 0 Å². The van der Waals surface area contributed by atoms with Crippen molar-refractivity contribution in [2.75, 3.05) is 0 Å². The molecule has 2 aliphatic carbocycles. The lowest BCUT2D eigenvalue weighted by Crippen LogP contribution is -2.51. The average Bonchev–Trinajstić information content (AvgIpc) is 2.43. The zero-order valence-corrected chi connectivity index (χ0v) is 8.35. The fourth-order valence-corrected chi connectivity index (χ4v) is 4.05. The number of carboxylic acid groups (broad SMARTS) is 1. The van der Waals surface area contributed by atoms with Gasteiger partial charge in [-0.15, -0.1) is 0 Å². The number of hydrogen-bond donors (Lipinski definition) is 2. The Balaban J connectivity index is 2.05. The molecule has 2 rings (SSSR count). The van der Waals surface area contributed by atoms with Gasteiger partial charge in [-0.2, -0.15) is 0 Å². The highest BCUT2D eigenvalue weighted by Gasteiger charge is 2.56. The topological polar surface area (TPSA) is 63.3 Å². The summed E-state index contributed by atoms with van der Waals surface area (Å²) in [7, 11) is 0. The molecule has 4 heteroatoms. The molecule has 0 aromatic carbocycles. The second-order valence-electron chi connectivity index (χ2n) is 4.25. The molecule has 2 aliphatic rings. The van der Waals surface area contributed by atoms with Gasteiger partial charge in [0.15, 0.2) is 0 Å². The second-order valence-corrected chi connectivity index (χ2v) is 5.30. The Morgan fingerprint density at radius 1 is 1.62 bits per heavy atom. The van der Waals surface area contributed by atoms with Crippen LogP contribution in [-0.4, -0.2) is 15.8 Å². The van der Waals surface area contributed by atoms with Crippen LogP contribution >= 0.6 is 11.9 Å². The molecule has 2 fully saturated rings. The second kappa shape index (κ2) is 3.17. The number of hydrogen-bond acceptors (Lipinski definition) is 3. The van der Waals surface area contributed by atoms with E-state index in [9.17, 15) is 4.79 Å².